The maximum Gasteiger partial charge on any atom is 0.325 e. The van der Waals surface area contributed by atoms with Gasteiger partial charge in [0.2, 0.25) is 0 Å². The first-order chi connectivity index (χ1) is 8.01. The van der Waals surface area contributed by atoms with Gasteiger partial charge in [-0.25, -0.2) is 0 Å². The number of carbonyl (C=O) groups is 1. The van der Waals surface area contributed by atoms with Crippen molar-refractivity contribution in [3.63, 3.8) is 0 Å². The molecule has 4 nitrogen and oxygen atoms in total. The van der Waals surface area contributed by atoms with E-state index in [4.69, 9.17) is 10.8 Å². The molecule has 92 valence electrons. The number of nitrogens with zero attached hydrogens (tertiary/aromatic N) is 1. The van der Waals surface area contributed by atoms with Crippen LogP contribution >= 0.6 is 0 Å². The molecule has 2 atom stereocenters. The van der Waals surface area contributed by atoms with Crippen molar-refractivity contribution in [2.75, 3.05) is 6.54 Å². The van der Waals surface area contributed by atoms with E-state index in [1.807, 2.05) is 37.3 Å². The average Bonchev–Trinajstić information content (AvgIpc) is 2.57. The molecule has 1 aliphatic rings. The highest BCUT2D eigenvalue weighted by Crippen LogP contribution is 2.26. The Labute approximate surface area is 101 Å². The van der Waals surface area contributed by atoms with Gasteiger partial charge in [-0.1, -0.05) is 30.3 Å². The predicted octanol–water partition coefficient (Wildman–Crippen LogP) is 1.06. The second-order valence-corrected chi connectivity index (χ2v) is 4.91. The number of carboxylic acids is 1. The molecule has 0 amide bonds. The van der Waals surface area contributed by atoms with Crippen LogP contribution in [0.4, 0.5) is 0 Å². The fourth-order valence-corrected chi connectivity index (χ4v) is 2.42. The van der Waals surface area contributed by atoms with Crippen molar-refractivity contribution in [2.24, 2.45) is 5.73 Å². The number of aliphatic carboxylic acids is 1. The molecule has 0 aliphatic carbocycles. The summed E-state index contributed by atoms with van der Waals surface area (Å²) in [6, 6.07) is 10.2. The van der Waals surface area contributed by atoms with Gasteiger partial charge < -0.3 is 10.8 Å². The van der Waals surface area contributed by atoms with E-state index in [2.05, 4.69) is 4.90 Å². The van der Waals surface area contributed by atoms with E-state index in [1.54, 1.807) is 0 Å². The third-order valence-electron chi connectivity index (χ3n) is 3.42. The quantitative estimate of drug-likeness (QED) is 0.820. The maximum atomic E-state index is 11.1. The average molecular weight is 234 g/mol. The van der Waals surface area contributed by atoms with E-state index in [1.165, 1.54) is 5.56 Å². The molecule has 2 rings (SSSR count). The van der Waals surface area contributed by atoms with Crippen molar-refractivity contribution in [1.29, 1.82) is 0 Å². The largest absolute Gasteiger partial charge is 0.480 e. The highest BCUT2D eigenvalue weighted by Gasteiger charge is 2.44. The van der Waals surface area contributed by atoms with Crippen molar-refractivity contribution in [3.05, 3.63) is 35.9 Å². The highest BCUT2D eigenvalue weighted by atomic mass is 16.4. The fourth-order valence-electron chi connectivity index (χ4n) is 2.42. The molecule has 0 spiro atoms. The summed E-state index contributed by atoms with van der Waals surface area (Å²) in [5, 5.41) is 9.12. The topological polar surface area (TPSA) is 66.6 Å². The van der Waals surface area contributed by atoms with Gasteiger partial charge in [0.1, 0.15) is 5.54 Å². The van der Waals surface area contributed by atoms with Gasteiger partial charge in [-0.15, -0.1) is 0 Å². The molecular formula is C13H18N2O2. The van der Waals surface area contributed by atoms with Gasteiger partial charge >= 0.3 is 5.97 Å². The van der Waals surface area contributed by atoms with Crippen LogP contribution in [0.25, 0.3) is 0 Å². The first-order valence-electron chi connectivity index (χ1n) is 5.81. The zero-order chi connectivity index (χ0) is 12.5. The minimum atomic E-state index is -1.09. The van der Waals surface area contributed by atoms with Gasteiger partial charge in [0.15, 0.2) is 0 Å². The van der Waals surface area contributed by atoms with Crippen LogP contribution in [0, 0.1) is 0 Å². The summed E-state index contributed by atoms with van der Waals surface area (Å²) in [7, 11) is 0. The van der Waals surface area contributed by atoms with Gasteiger partial charge in [-0.3, -0.25) is 9.69 Å². The Morgan fingerprint density at radius 1 is 1.53 bits per heavy atom. The Bertz CT molecular complexity index is 407. The van der Waals surface area contributed by atoms with Gasteiger partial charge in [0, 0.05) is 19.1 Å². The van der Waals surface area contributed by atoms with E-state index in [0.29, 0.717) is 13.0 Å². The SMILES string of the molecule is CC1CC(N)(C(=O)O)CN1Cc1ccccc1. The lowest BCUT2D eigenvalue weighted by Gasteiger charge is -2.21. The lowest BCUT2D eigenvalue weighted by molar-refractivity contribution is -0.142. The summed E-state index contributed by atoms with van der Waals surface area (Å²) in [4.78, 5) is 13.2. The van der Waals surface area contributed by atoms with Crippen molar-refractivity contribution < 1.29 is 9.90 Å². The summed E-state index contributed by atoms with van der Waals surface area (Å²) in [5.74, 6) is -0.903. The summed E-state index contributed by atoms with van der Waals surface area (Å²) in [6.07, 6.45) is 0.509. The minimum Gasteiger partial charge on any atom is -0.480 e. The monoisotopic (exact) mass is 234 g/mol. The number of hydrogen-bond donors (Lipinski definition) is 2. The number of benzene rings is 1. The standard InChI is InChI=1S/C13H18N2O2/c1-10-7-13(14,12(16)17)9-15(10)8-11-5-3-2-4-6-11/h2-6,10H,7-9,14H2,1H3,(H,16,17). The van der Waals surface area contributed by atoms with E-state index in [0.717, 1.165) is 6.54 Å². The Morgan fingerprint density at radius 3 is 2.71 bits per heavy atom. The van der Waals surface area contributed by atoms with Crippen molar-refractivity contribution in [1.82, 2.24) is 4.90 Å². The molecule has 1 aromatic carbocycles. The van der Waals surface area contributed by atoms with Crippen LogP contribution in [-0.2, 0) is 11.3 Å². The van der Waals surface area contributed by atoms with Crippen LogP contribution in [-0.4, -0.2) is 34.1 Å². The molecule has 2 unspecified atom stereocenters. The summed E-state index contributed by atoms with van der Waals surface area (Å²) in [5.41, 5.74) is 5.99. The molecule has 1 aliphatic heterocycles. The number of rotatable bonds is 3. The second-order valence-electron chi connectivity index (χ2n) is 4.91. The smallest absolute Gasteiger partial charge is 0.325 e. The molecule has 0 bridgehead atoms. The molecule has 0 radical (unpaired) electrons. The first-order valence-corrected chi connectivity index (χ1v) is 5.81. The zero-order valence-corrected chi connectivity index (χ0v) is 9.97. The lowest BCUT2D eigenvalue weighted by Crippen LogP contribution is -2.50. The molecule has 17 heavy (non-hydrogen) atoms. The Morgan fingerprint density at radius 2 is 2.18 bits per heavy atom. The Kier molecular flexibility index (Phi) is 3.17. The van der Waals surface area contributed by atoms with E-state index in [9.17, 15) is 4.79 Å². The van der Waals surface area contributed by atoms with Gasteiger partial charge in [-0.05, 0) is 18.9 Å². The second kappa shape index (κ2) is 4.47. The van der Waals surface area contributed by atoms with Crippen molar-refractivity contribution in [3.8, 4) is 0 Å². The highest BCUT2D eigenvalue weighted by molar-refractivity contribution is 5.79. The van der Waals surface area contributed by atoms with Gasteiger partial charge in [0.05, 0.1) is 0 Å². The van der Waals surface area contributed by atoms with Crippen molar-refractivity contribution >= 4 is 5.97 Å². The third kappa shape index (κ3) is 2.48. The van der Waals surface area contributed by atoms with Crippen LogP contribution in [0.2, 0.25) is 0 Å². The molecule has 4 heteroatoms. The van der Waals surface area contributed by atoms with Crippen LogP contribution in [0.1, 0.15) is 18.9 Å². The normalized spacial score (nSPS) is 29.4. The summed E-state index contributed by atoms with van der Waals surface area (Å²) >= 11 is 0. The van der Waals surface area contributed by atoms with Crippen LogP contribution < -0.4 is 5.73 Å². The zero-order valence-electron chi connectivity index (χ0n) is 9.97. The maximum absolute atomic E-state index is 11.1. The number of carboxylic acid groups (broad SMARTS) is 1. The number of hydrogen-bond acceptors (Lipinski definition) is 3. The predicted molar refractivity (Wildman–Crippen MR) is 65.5 cm³/mol. The van der Waals surface area contributed by atoms with Gasteiger partial charge in [-0.2, -0.15) is 0 Å². The van der Waals surface area contributed by atoms with Gasteiger partial charge in [0.25, 0.3) is 0 Å². The fraction of sp³-hybridized carbons (Fsp3) is 0.462. The molecule has 1 saturated heterocycles. The van der Waals surface area contributed by atoms with E-state index >= 15 is 0 Å². The molecule has 1 fully saturated rings. The van der Waals surface area contributed by atoms with E-state index < -0.39 is 11.5 Å². The minimum absolute atomic E-state index is 0.205. The van der Waals surface area contributed by atoms with E-state index in [-0.39, 0.29) is 6.04 Å². The third-order valence-corrected chi connectivity index (χ3v) is 3.42. The molecule has 1 aromatic rings. The lowest BCUT2D eigenvalue weighted by atomic mass is 9.98. The van der Waals surface area contributed by atoms with Crippen LogP contribution in [0.5, 0.6) is 0 Å². The number of nitrogens with two attached hydrogens (primary N) is 1. The van der Waals surface area contributed by atoms with Crippen LogP contribution in [0.3, 0.4) is 0 Å². The van der Waals surface area contributed by atoms with Crippen molar-refractivity contribution in [2.45, 2.75) is 31.5 Å². The first kappa shape index (κ1) is 12.1. The Hall–Kier alpha value is -1.39. The molecule has 3 N–H and O–H groups in total. The molecular weight excluding hydrogens is 216 g/mol. The summed E-state index contributed by atoms with van der Waals surface area (Å²) < 4.78 is 0. The molecule has 0 aromatic heterocycles. The Balaban J connectivity index is 2.07. The molecule has 1 heterocycles. The number of likely N-dealkylation sites (tertiary alicyclic amines) is 1. The summed E-state index contributed by atoms with van der Waals surface area (Å²) in [6.45, 7) is 3.20. The molecule has 0 saturated carbocycles. The van der Waals surface area contributed by atoms with Crippen LogP contribution in [0.15, 0.2) is 30.3 Å².